The quantitative estimate of drug-likeness (QED) is 0.829. The van der Waals surface area contributed by atoms with Crippen molar-refractivity contribution < 1.29 is 13.9 Å². The third-order valence-corrected chi connectivity index (χ3v) is 5.47. The van der Waals surface area contributed by atoms with Gasteiger partial charge in [-0.3, -0.25) is 9.48 Å². The molecule has 2 aliphatic rings. The summed E-state index contributed by atoms with van der Waals surface area (Å²) in [4.78, 5) is 14.9. The number of nitrogens with zero attached hydrogens (tertiary/aromatic N) is 3. The minimum absolute atomic E-state index is 0.0298. The van der Waals surface area contributed by atoms with Gasteiger partial charge in [-0.25, -0.2) is 4.39 Å². The smallest absolute Gasteiger partial charge is 0.274 e. The number of halogens is 1. The molecule has 2 atom stereocenters. The zero-order valence-electron chi connectivity index (χ0n) is 16.0. The van der Waals surface area contributed by atoms with Gasteiger partial charge >= 0.3 is 0 Å². The van der Waals surface area contributed by atoms with E-state index < -0.39 is 0 Å². The van der Waals surface area contributed by atoms with E-state index in [0.29, 0.717) is 18.8 Å². The lowest BCUT2D eigenvalue weighted by Crippen LogP contribution is -2.37. The second-order valence-electron chi connectivity index (χ2n) is 7.63. The van der Waals surface area contributed by atoms with E-state index in [1.807, 2.05) is 16.9 Å². The van der Waals surface area contributed by atoms with E-state index in [1.165, 1.54) is 12.1 Å². The van der Waals surface area contributed by atoms with Crippen LogP contribution in [0, 0.1) is 5.82 Å². The minimum atomic E-state index is -0.295. The predicted molar refractivity (Wildman–Crippen MR) is 103 cm³/mol. The highest BCUT2D eigenvalue weighted by Gasteiger charge is 2.26. The summed E-state index contributed by atoms with van der Waals surface area (Å²) >= 11 is 0. The van der Waals surface area contributed by atoms with Gasteiger partial charge in [0.1, 0.15) is 11.5 Å². The van der Waals surface area contributed by atoms with Gasteiger partial charge in [0.2, 0.25) is 0 Å². The Morgan fingerprint density at radius 2 is 2.25 bits per heavy atom. The van der Waals surface area contributed by atoms with Crippen LogP contribution in [0.3, 0.4) is 0 Å². The van der Waals surface area contributed by atoms with Gasteiger partial charge in [-0.2, -0.15) is 5.10 Å². The number of aromatic nitrogens is 2. The number of amides is 1. The van der Waals surface area contributed by atoms with E-state index in [4.69, 9.17) is 4.74 Å². The molecule has 1 aromatic heterocycles. The molecule has 0 aliphatic carbocycles. The molecule has 6 nitrogen and oxygen atoms in total. The van der Waals surface area contributed by atoms with Crippen molar-refractivity contribution in [2.45, 2.75) is 44.4 Å². The monoisotopic (exact) mass is 386 g/mol. The van der Waals surface area contributed by atoms with Crippen molar-refractivity contribution >= 4 is 5.91 Å². The number of rotatable bonds is 6. The van der Waals surface area contributed by atoms with E-state index in [1.54, 1.807) is 17.0 Å². The van der Waals surface area contributed by atoms with Gasteiger partial charge in [-0.15, -0.1) is 0 Å². The first-order valence-electron chi connectivity index (χ1n) is 10.1. The van der Waals surface area contributed by atoms with Crippen LogP contribution in [0.15, 0.2) is 36.5 Å². The molecule has 1 aromatic carbocycles. The highest BCUT2D eigenvalue weighted by atomic mass is 19.1. The Kier molecular flexibility index (Phi) is 6.02. The molecule has 2 aliphatic heterocycles. The Labute approximate surface area is 164 Å². The maximum Gasteiger partial charge on any atom is 0.274 e. The summed E-state index contributed by atoms with van der Waals surface area (Å²) < 4.78 is 21.2. The standard InChI is InChI=1S/C21H27FN4O2/c22-17-5-1-4-16(12-17)14-25(15-19-7-3-11-28-19)21(27)20-8-10-26(24-20)18-6-2-9-23-13-18/h1,4-5,8,10,12,18-19,23H,2-3,6-7,9,11,13-15H2. The maximum atomic E-state index is 13.6. The van der Waals surface area contributed by atoms with Gasteiger partial charge < -0.3 is 15.0 Å². The zero-order valence-corrected chi connectivity index (χ0v) is 16.0. The molecular formula is C21H27FN4O2. The summed E-state index contributed by atoms with van der Waals surface area (Å²) in [6.07, 6.45) is 6.04. The molecule has 0 radical (unpaired) electrons. The number of nitrogens with one attached hydrogen (secondary N) is 1. The lowest BCUT2D eigenvalue weighted by molar-refractivity contribution is 0.0501. The van der Waals surface area contributed by atoms with Crippen LogP contribution < -0.4 is 5.32 Å². The summed E-state index contributed by atoms with van der Waals surface area (Å²) in [6, 6.07) is 8.46. The second kappa shape index (κ2) is 8.84. The highest BCUT2D eigenvalue weighted by Crippen LogP contribution is 2.19. The van der Waals surface area contributed by atoms with Crippen LogP contribution in [0.4, 0.5) is 4.39 Å². The number of benzene rings is 1. The van der Waals surface area contributed by atoms with E-state index in [0.717, 1.165) is 50.9 Å². The first kappa shape index (κ1) is 19.1. The van der Waals surface area contributed by atoms with Crippen molar-refractivity contribution in [2.75, 3.05) is 26.2 Å². The lowest BCUT2D eigenvalue weighted by atomic mass is 10.1. The molecular weight excluding hydrogens is 359 g/mol. The summed E-state index contributed by atoms with van der Waals surface area (Å²) in [5.74, 6) is -0.432. The van der Waals surface area contributed by atoms with E-state index in [-0.39, 0.29) is 23.9 Å². The Bertz CT molecular complexity index is 797. The third-order valence-electron chi connectivity index (χ3n) is 5.47. The van der Waals surface area contributed by atoms with Crippen molar-refractivity contribution in [3.8, 4) is 0 Å². The largest absolute Gasteiger partial charge is 0.376 e. The first-order chi connectivity index (χ1) is 13.7. The van der Waals surface area contributed by atoms with Crippen molar-refractivity contribution in [2.24, 2.45) is 0 Å². The maximum absolute atomic E-state index is 13.6. The fourth-order valence-corrected chi connectivity index (χ4v) is 3.99. The Balaban J connectivity index is 1.51. The topological polar surface area (TPSA) is 59.4 Å². The van der Waals surface area contributed by atoms with Crippen LogP contribution in [0.5, 0.6) is 0 Å². The molecule has 4 rings (SSSR count). The second-order valence-corrected chi connectivity index (χ2v) is 7.63. The molecule has 1 N–H and O–H groups in total. The van der Waals surface area contributed by atoms with E-state index >= 15 is 0 Å². The van der Waals surface area contributed by atoms with Crippen LogP contribution in [0.25, 0.3) is 0 Å². The van der Waals surface area contributed by atoms with Crippen molar-refractivity contribution in [3.05, 3.63) is 53.6 Å². The molecule has 1 amide bonds. The van der Waals surface area contributed by atoms with Gasteiger partial charge in [-0.05, 0) is 56.0 Å². The number of hydrogen-bond acceptors (Lipinski definition) is 4. The molecule has 2 aromatic rings. The Morgan fingerprint density at radius 1 is 1.32 bits per heavy atom. The van der Waals surface area contributed by atoms with Crippen molar-refractivity contribution in [3.63, 3.8) is 0 Å². The minimum Gasteiger partial charge on any atom is -0.376 e. The number of piperidine rings is 1. The number of carbonyl (C=O) groups is 1. The van der Waals surface area contributed by atoms with Gasteiger partial charge in [0.15, 0.2) is 0 Å². The number of carbonyl (C=O) groups excluding carboxylic acids is 1. The normalized spacial score (nSPS) is 22.3. The van der Waals surface area contributed by atoms with Gasteiger partial charge in [0.25, 0.3) is 5.91 Å². The fourth-order valence-electron chi connectivity index (χ4n) is 3.99. The average Bonchev–Trinajstić information content (AvgIpc) is 3.40. The predicted octanol–water partition coefficient (Wildman–Crippen LogP) is 2.77. The highest BCUT2D eigenvalue weighted by molar-refractivity contribution is 5.92. The van der Waals surface area contributed by atoms with Gasteiger partial charge in [0.05, 0.1) is 12.1 Å². The molecule has 0 saturated carbocycles. The summed E-state index contributed by atoms with van der Waals surface area (Å²) in [5, 5.41) is 7.93. The molecule has 2 saturated heterocycles. The molecule has 7 heteroatoms. The average molecular weight is 386 g/mol. The van der Waals surface area contributed by atoms with Crippen LogP contribution >= 0.6 is 0 Å². The van der Waals surface area contributed by atoms with E-state index in [9.17, 15) is 9.18 Å². The van der Waals surface area contributed by atoms with Crippen LogP contribution in [0.2, 0.25) is 0 Å². The summed E-state index contributed by atoms with van der Waals surface area (Å²) in [7, 11) is 0. The van der Waals surface area contributed by atoms with Gasteiger partial charge in [-0.1, -0.05) is 12.1 Å². The lowest BCUT2D eigenvalue weighted by Gasteiger charge is -2.25. The first-order valence-corrected chi connectivity index (χ1v) is 10.1. The molecule has 2 fully saturated rings. The summed E-state index contributed by atoms with van der Waals surface area (Å²) in [6.45, 7) is 3.47. The third kappa shape index (κ3) is 4.59. The number of ether oxygens (including phenoxy) is 1. The molecule has 0 spiro atoms. The Morgan fingerprint density at radius 3 is 3.00 bits per heavy atom. The van der Waals surface area contributed by atoms with Crippen LogP contribution in [0.1, 0.15) is 47.8 Å². The molecule has 0 bridgehead atoms. The number of hydrogen-bond donors (Lipinski definition) is 1. The molecule has 150 valence electrons. The van der Waals surface area contributed by atoms with Crippen LogP contribution in [-0.4, -0.2) is 52.9 Å². The fraction of sp³-hybridized carbons (Fsp3) is 0.524. The summed E-state index contributed by atoms with van der Waals surface area (Å²) in [5.41, 5.74) is 1.20. The van der Waals surface area contributed by atoms with Crippen molar-refractivity contribution in [1.29, 1.82) is 0 Å². The molecule has 28 heavy (non-hydrogen) atoms. The van der Waals surface area contributed by atoms with E-state index in [2.05, 4.69) is 10.4 Å². The SMILES string of the molecule is O=C(c1ccn(C2CCCNC2)n1)N(Cc1cccc(F)c1)CC1CCCO1. The van der Waals surface area contributed by atoms with Crippen molar-refractivity contribution in [1.82, 2.24) is 20.0 Å². The van der Waals surface area contributed by atoms with Crippen LogP contribution in [-0.2, 0) is 11.3 Å². The zero-order chi connectivity index (χ0) is 19.3. The van der Waals surface area contributed by atoms with Gasteiger partial charge in [0, 0.05) is 32.4 Å². The molecule has 2 unspecified atom stereocenters. The Hall–Kier alpha value is -2.25. The molecule has 3 heterocycles.